The molecule has 0 amide bonds. The fraction of sp³-hybridized carbons (Fsp3) is 0.435. The molecular weight excluding hydrogens is 378 g/mol. The van der Waals surface area contributed by atoms with Gasteiger partial charge in [0.15, 0.2) is 5.82 Å². The molecule has 0 atom stereocenters. The predicted octanol–water partition coefficient (Wildman–Crippen LogP) is 3.27. The maximum absolute atomic E-state index is 12.2. The van der Waals surface area contributed by atoms with E-state index in [1.165, 1.54) is 31.5 Å². The summed E-state index contributed by atoms with van der Waals surface area (Å²) in [4.78, 5) is 26.2. The highest BCUT2D eigenvalue weighted by Gasteiger charge is 2.14. The third-order valence-corrected chi connectivity index (χ3v) is 5.53. The van der Waals surface area contributed by atoms with Crippen LogP contribution in [0.2, 0.25) is 0 Å². The lowest BCUT2D eigenvalue weighted by atomic mass is 10.0. The Bertz CT molecular complexity index is 1060. The van der Waals surface area contributed by atoms with Crippen LogP contribution in [0.25, 0.3) is 11.0 Å². The molecule has 0 radical (unpaired) electrons. The fourth-order valence-electron chi connectivity index (χ4n) is 3.89. The number of nitrogens with two attached hydrogens (primary N) is 1. The normalized spacial score (nSPS) is 14.4. The predicted molar refractivity (Wildman–Crippen MR) is 119 cm³/mol. The van der Waals surface area contributed by atoms with Crippen LogP contribution in [-0.4, -0.2) is 39.5 Å². The van der Waals surface area contributed by atoms with Crippen LogP contribution < -0.4 is 16.0 Å². The summed E-state index contributed by atoms with van der Waals surface area (Å²) in [6.07, 6.45) is 5.12. The van der Waals surface area contributed by atoms with Crippen molar-refractivity contribution in [3.63, 3.8) is 0 Å². The van der Waals surface area contributed by atoms with Crippen molar-refractivity contribution >= 4 is 16.9 Å². The van der Waals surface area contributed by atoms with Crippen LogP contribution in [0.1, 0.15) is 49.3 Å². The second-order valence-electron chi connectivity index (χ2n) is 7.95. The topological polar surface area (TPSA) is 97.1 Å². The van der Waals surface area contributed by atoms with Gasteiger partial charge in [-0.2, -0.15) is 9.97 Å². The van der Waals surface area contributed by atoms with Crippen LogP contribution in [0.4, 0.5) is 5.82 Å². The molecule has 0 unspecified atom stereocenters. The van der Waals surface area contributed by atoms with Gasteiger partial charge >= 0.3 is 6.01 Å². The molecule has 0 aliphatic carbocycles. The molecule has 30 heavy (non-hydrogen) atoms. The first-order valence-electron chi connectivity index (χ1n) is 10.7. The van der Waals surface area contributed by atoms with Crippen molar-refractivity contribution in [1.82, 2.24) is 19.9 Å². The number of ether oxygens (including phenoxy) is 1. The second kappa shape index (κ2) is 9.26. The number of hydrogen-bond donors (Lipinski definition) is 2. The van der Waals surface area contributed by atoms with Gasteiger partial charge in [0.2, 0.25) is 5.56 Å². The Morgan fingerprint density at radius 2 is 1.87 bits per heavy atom. The molecule has 158 valence electrons. The number of nitrogen functional groups attached to an aromatic ring is 1. The lowest BCUT2D eigenvalue weighted by Gasteiger charge is -2.15. The summed E-state index contributed by atoms with van der Waals surface area (Å²) >= 11 is 0. The molecule has 1 aromatic carbocycles. The Hall–Kier alpha value is -2.93. The molecule has 3 aromatic rings. The van der Waals surface area contributed by atoms with Crippen molar-refractivity contribution in [3.05, 3.63) is 57.4 Å². The first-order valence-corrected chi connectivity index (χ1v) is 10.7. The van der Waals surface area contributed by atoms with Crippen molar-refractivity contribution < 1.29 is 4.74 Å². The van der Waals surface area contributed by atoms with E-state index in [2.05, 4.69) is 51.0 Å². The molecule has 0 spiro atoms. The number of nitrogens with one attached hydrogen (secondary N) is 1. The average Bonchev–Trinajstić information content (AvgIpc) is 3.24. The molecule has 1 fully saturated rings. The number of hydrogen-bond acceptors (Lipinski definition) is 6. The molecule has 0 bridgehead atoms. The molecule has 3 heterocycles. The molecule has 4 rings (SSSR count). The number of nitrogens with zero attached hydrogens (tertiary/aromatic N) is 3. The van der Waals surface area contributed by atoms with Gasteiger partial charge in [0.05, 0.1) is 12.1 Å². The third kappa shape index (κ3) is 4.79. The van der Waals surface area contributed by atoms with Gasteiger partial charge < -0.3 is 15.5 Å². The van der Waals surface area contributed by atoms with Gasteiger partial charge in [0.1, 0.15) is 5.52 Å². The average molecular weight is 408 g/mol. The molecule has 1 aliphatic heterocycles. The monoisotopic (exact) mass is 407 g/mol. The Morgan fingerprint density at radius 3 is 2.60 bits per heavy atom. The van der Waals surface area contributed by atoms with Crippen LogP contribution in [0.15, 0.2) is 35.1 Å². The van der Waals surface area contributed by atoms with Crippen LogP contribution in [0, 0.1) is 0 Å². The van der Waals surface area contributed by atoms with Gasteiger partial charge in [0.25, 0.3) is 0 Å². The van der Waals surface area contributed by atoms with Crippen molar-refractivity contribution in [2.45, 2.75) is 45.6 Å². The Balaban J connectivity index is 1.58. The zero-order chi connectivity index (χ0) is 20.9. The van der Waals surface area contributed by atoms with Crippen molar-refractivity contribution in [2.75, 3.05) is 25.4 Å². The van der Waals surface area contributed by atoms with E-state index < -0.39 is 0 Å². The summed E-state index contributed by atoms with van der Waals surface area (Å²) in [7, 11) is 0. The minimum Gasteiger partial charge on any atom is -0.463 e. The number of aromatic amines is 1. The van der Waals surface area contributed by atoms with Crippen molar-refractivity contribution in [3.8, 4) is 6.01 Å². The molecule has 1 saturated heterocycles. The Kier molecular flexibility index (Phi) is 6.28. The summed E-state index contributed by atoms with van der Waals surface area (Å²) in [5, 5.41) is 0. The van der Waals surface area contributed by atoms with E-state index in [4.69, 9.17) is 10.5 Å². The molecule has 0 saturated carbocycles. The maximum atomic E-state index is 12.2. The van der Waals surface area contributed by atoms with Crippen LogP contribution in [-0.2, 0) is 13.0 Å². The molecule has 1 aliphatic rings. The maximum Gasteiger partial charge on any atom is 0.319 e. The smallest absolute Gasteiger partial charge is 0.319 e. The minimum atomic E-state index is -0.210. The third-order valence-electron chi connectivity index (χ3n) is 5.53. The highest BCUT2D eigenvalue weighted by atomic mass is 16.5. The summed E-state index contributed by atoms with van der Waals surface area (Å²) < 4.78 is 5.65. The number of aromatic nitrogens is 3. The van der Waals surface area contributed by atoms with Gasteiger partial charge in [-0.05, 0) is 55.5 Å². The number of pyridine rings is 1. The first kappa shape index (κ1) is 20.3. The van der Waals surface area contributed by atoms with Crippen LogP contribution in [0.5, 0.6) is 6.01 Å². The second-order valence-corrected chi connectivity index (χ2v) is 7.95. The van der Waals surface area contributed by atoms with Crippen molar-refractivity contribution in [1.29, 1.82) is 0 Å². The van der Waals surface area contributed by atoms with Gasteiger partial charge in [0, 0.05) is 12.6 Å². The van der Waals surface area contributed by atoms with Crippen molar-refractivity contribution in [2.24, 2.45) is 0 Å². The highest BCUT2D eigenvalue weighted by molar-refractivity contribution is 5.86. The summed E-state index contributed by atoms with van der Waals surface area (Å²) in [6.45, 7) is 6.00. The molecule has 3 N–H and O–H groups in total. The fourth-order valence-corrected chi connectivity index (χ4v) is 3.89. The summed E-state index contributed by atoms with van der Waals surface area (Å²) in [6, 6.07) is 10.4. The van der Waals surface area contributed by atoms with E-state index in [0.717, 1.165) is 30.5 Å². The number of fused-ring (bicyclic) bond motifs is 1. The Labute approximate surface area is 176 Å². The number of benzene rings is 1. The van der Waals surface area contributed by atoms with E-state index in [9.17, 15) is 4.79 Å². The minimum absolute atomic E-state index is 0.210. The van der Waals surface area contributed by atoms with E-state index >= 15 is 0 Å². The Morgan fingerprint density at radius 1 is 1.13 bits per heavy atom. The quantitative estimate of drug-likeness (QED) is 0.556. The van der Waals surface area contributed by atoms with E-state index in [1.807, 2.05) is 0 Å². The molecular formula is C23H29N5O2. The number of H-pyrrole nitrogens is 1. The number of rotatable bonds is 8. The first-order chi connectivity index (χ1) is 14.6. The molecule has 7 heteroatoms. The SMILES string of the molecule is CCCCOc1nc(N)c2[nH]c(=O)cc(Cc3ccc(CN4CCCC4)cc3)c2n1. The summed E-state index contributed by atoms with van der Waals surface area (Å²) in [5.41, 5.74) is 10.2. The van der Waals surface area contributed by atoms with Crippen LogP contribution >= 0.6 is 0 Å². The number of unbranched alkanes of at least 4 members (excludes halogenated alkanes) is 1. The molecule has 7 nitrogen and oxygen atoms in total. The number of anilines is 1. The highest BCUT2D eigenvalue weighted by Crippen LogP contribution is 2.23. The number of likely N-dealkylation sites (tertiary alicyclic amines) is 1. The van der Waals surface area contributed by atoms with Gasteiger partial charge in [-0.15, -0.1) is 0 Å². The van der Waals surface area contributed by atoms with Crippen LogP contribution in [0.3, 0.4) is 0 Å². The zero-order valence-electron chi connectivity index (χ0n) is 17.5. The molecule has 2 aromatic heterocycles. The van der Waals surface area contributed by atoms with Gasteiger partial charge in [-0.25, -0.2) is 0 Å². The van der Waals surface area contributed by atoms with E-state index in [-0.39, 0.29) is 17.4 Å². The van der Waals surface area contributed by atoms with E-state index in [1.54, 1.807) is 6.07 Å². The lowest BCUT2D eigenvalue weighted by molar-refractivity contribution is 0.287. The van der Waals surface area contributed by atoms with E-state index in [0.29, 0.717) is 24.1 Å². The van der Waals surface area contributed by atoms with Gasteiger partial charge in [-0.3, -0.25) is 9.69 Å². The van der Waals surface area contributed by atoms with Gasteiger partial charge in [-0.1, -0.05) is 37.6 Å². The zero-order valence-corrected chi connectivity index (χ0v) is 17.5. The standard InChI is InChI=1S/C23H29N5O2/c1-2-3-12-30-23-26-20-18(14-19(29)25-21(20)22(24)27-23)13-16-6-8-17(9-7-16)15-28-10-4-5-11-28/h6-9,14H,2-5,10-13,15H2,1H3,(H,25,29)(H2,24,26,27). The lowest BCUT2D eigenvalue weighted by Crippen LogP contribution is -2.18. The largest absolute Gasteiger partial charge is 0.463 e. The summed E-state index contributed by atoms with van der Waals surface area (Å²) in [5.74, 6) is 0.228.